The highest BCUT2D eigenvalue weighted by atomic mass is 19.1. The fraction of sp³-hybridized carbons (Fsp3) is 0.105. The first-order chi connectivity index (χ1) is 11.0. The Kier molecular flexibility index (Phi) is 4.06. The van der Waals surface area contributed by atoms with Crippen LogP contribution in [0.3, 0.4) is 0 Å². The summed E-state index contributed by atoms with van der Waals surface area (Å²) in [5.41, 5.74) is 2.72. The van der Waals surface area contributed by atoms with Gasteiger partial charge in [0, 0.05) is 17.7 Å². The number of aromatic nitrogens is 1. The van der Waals surface area contributed by atoms with Crippen LogP contribution in [0.4, 0.5) is 8.78 Å². The van der Waals surface area contributed by atoms with Crippen molar-refractivity contribution in [2.75, 3.05) is 0 Å². The molecule has 2 nitrogen and oxygen atoms in total. The maximum absolute atomic E-state index is 13.9. The molecule has 0 radical (unpaired) electrons. The third-order valence-electron chi connectivity index (χ3n) is 3.74. The van der Waals surface area contributed by atoms with Gasteiger partial charge in [-0.05, 0) is 24.6 Å². The van der Waals surface area contributed by atoms with E-state index in [1.807, 2.05) is 37.3 Å². The van der Waals surface area contributed by atoms with Crippen LogP contribution in [0.25, 0.3) is 11.3 Å². The quantitative estimate of drug-likeness (QED) is 0.712. The van der Waals surface area contributed by atoms with Gasteiger partial charge in [0.15, 0.2) is 0 Å². The second kappa shape index (κ2) is 6.16. The summed E-state index contributed by atoms with van der Waals surface area (Å²) in [5.74, 6) is -1.29. The highest BCUT2D eigenvalue weighted by Gasteiger charge is 2.10. The van der Waals surface area contributed by atoms with Gasteiger partial charge in [0.25, 0.3) is 5.56 Å². The van der Waals surface area contributed by atoms with E-state index in [0.717, 1.165) is 17.2 Å². The molecular weight excluding hydrogens is 296 g/mol. The molecule has 116 valence electrons. The minimum atomic E-state index is -0.657. The highest BCUT2D eigenvalue weighted by Crippen LogP contribution is 2.20. The molecule has 0 unspecified atom stereocenters. The number of hydrogen-bond donors (Lipinski definition) is 0. The highest BCUT2D eigenvalue weighted by molar-refractivity contribution is 5.60. The van der Waals surface area contributed by atoms with Crippen molar-refractivity contribution in [1.29, 1.82) is 0 Å². The molecule has 0 aliphatic heterocycles. The lowest BCUT2D eigenvalue weighted by Gasteiger charge is -2.13. The summed E-state index contributed by atoms with van der Waals surface area (Å²) in [7, 11) is 0. The molecule has 1 aromatic heterocycles. The first-order valence-electron chi connectivity index (χ1n) is 7.25. The summed E-state index contributed by atoms with van der Waals surface area (Å²) in [6, 6.07) is 16.0. The smallest absolute Gasteiger partial charge is 0.251 e. The van der Waals surface area contributed by atoms with Gasteiger partial charge in [-0.3, -0.25) is 4.79 Å². The number of pyridine rings is 1. The van der Waals surface area contributed by atoms with Gasteiger partial charge < -0.3 is 4.57 Å². The Bertz CT molecular complexity index is 898. The van der Waals surface area contributed by atoms with Crippen molar-refractivity contribution in [3.8, 4) is 11.3 Å². The van der Waals surface area contributed by atoms with Crippen molar-refractivity contribution in [1.82, 2.24) is 4.57 Å². The molecule has 0 spiro atoms. The molecule has 0 fully saturated rings. The fourth-order valence-electron chi connectivity index (χ4n) is 2.48. The van der Waals surface area contributed by atoms with Gasteiger partial charge in [0.1, 0.15) is 11.6 Å². The Morgan fingerprint density at radius 3 is 2.39 bits per heavy atom. The van der Waals surface area contributed by atoms with Gasteiger partial charge in [0.05, 0.1) is 12.2 Å². The molecule has 3 aromatic rings. The normalized spacial score (nSPS) is 10.7. The summed E-state index contributed by atoms with van der Waals surface area (Å²) in [5, 5.41) is 0. The van der Waals surface area contributed by atoms with E-state index in [1.165, 1.54) is 22.8 Å². The zero-order valence-electron chi connectivity index (χ0n) is 12.6. The average molecular weight is 311 g/mol. The van der Waals surface area contributed by atoms with E-state index in [1.54, 1.807) is 6.07 Å². The van der Waals surface area contributed by atoms with Crippen molar-refractivity contribution in [2.45, 2.75) is 13.5 Å². The number of hydrogen-bond acceptors (Lipinski definition) is 1. The van der Waals surface area contributed by atoms with E-state index in [2.05, 4.69) is 0 Å². The van der Waals surface area contributed by atoms with Gasteiger partial charge in [-0.25, -0.2) is 8.78 Å². The molecule has 0 aliphatic carbocycles. The maximum atomic E-state index is 13.9. The molecule has 4 heteroatoms. The van der Waals surface area contributed by atoms with Crippen LogP contribution in [0.1, 0.15) is 11.1 Å². The lowest BCUT2D eigenvalue weighted by Crippen LogP contribution is -2.21. The van der Waals surface area contributed by atoms with Crippen LogP contribution in [-0.4, -0.2) is 4.57 Å². The van der Waals surface area contributed by atoms with E-state index < -0.39 is 11.6 Å². The number of halogens is 2. The van der Waals surface area contributed by atoms with Crippen LogP contribution in [0.2, 0.25) is 0 Å². The van der Waals surface area contributed by atoms with Gasteiger partial charge in [-0.1, -0.05) is 42.0 Å². The van der Waals surface area contributed by atoms with E-state index >= 15 is 0 Å². The minimum absolute atomic E-state index is 0.0506. The Hall–Kier alpha value is -2.75. The van der Waals surface area contributed by atoms with Crippen LogP contribution < -0.4 is 5.56 Å². The van der Waals surface area contributed by atoms with Gasteiger partial charge >= 0.3 is 0 Å². The molecule has 23 heavy (non-hydrogen) atoms. The van der Waals surface area contributed by atoms with Crippen molar-refractivity contribution >= 4 is 0 Å². The van der Waals surface area contributed by atoms with Crippen LogP contribution in [0.15, 0.2) is 65.5 Å². The largest absolute Gasteiger partial charge is 0.304 e. The minimum Gasteiger partial charge on any atom is -0.304 e. The van der Waals surface area contributed by atoms with Crippen molar-refractivity contribution in [2.24, 2.45) is 0 Å². The van der Waals surface area contributed by atoms with Crippen LogP contribution >= 0.6 is 0 Å². The molecule has 0 atom stereocenters. The Balaban J connectivity index is 2.08. The number of rotatable bonds is 3. The lowest BCUT2D eigenvalue weighted by atomic mass is 10.1. The second-order valence-electron chi connectivity index (χ2n) is 5.44. The zero-order valence-corrected chi connectivity index (χ0v) is 12.6. The SMILES string of the molecule is Cc1ccc(-c2cccc(=O)n2Cc2ccc(F)cc2F)cc1. The summed E-state index contributed by atoms with van der Waals surface area (Å²) in [6.45, 7) is 2.03. The standard InChI is InChI=1S/C19H15F2NO/c1-13-5-7-14(8-6-13)18-3-2-4-19(23)22(18)12-15-9-10-16(20)11-17(15)21/h2-11H,12H2,1H3. The monoisotopic (exact) mass is 311 g/mol. The van der Waals surface area contributed by atoms with Crippen LogP contribution in [0, 0.1) is 18.6 Å². The molecule has 0 saturated carbocycles. The van der Waals surface area contributed by atoms with Crippen molar-refractivity contribution in [3.63, 3.8) is 0 Å². The van der Waals surface area contributed by atoms with E-state index in [4.69, 9.17) is 0 Å². The van der Waals surface area contributed by atoms with E-state index in [0.29, 0.717) is 5.69 Å². The number of benzene rings is 2. The predicted molar refractivity (Wildman–Crippen MR) is 86.3 cm³/mol. The van der Waals surface area contributed by atoms with Crippen LogP contribution in [0.5, 0.6) is 0 Å². The Labute approximate surface area is 132 Å². The summed E-state index contributed by atoms with van der Waals surface area (Å²) in [6.07, 6.45) is 0. The summed E-state index contributed by atoms with van der Waals surface area (Å²) >= 11 is 0. The first-order valence-corrected chi connectivity index (χ1v) is 7.25. The van der Waals surface area contributed by atoms with Gasteiger partial charge in [-0.2, -0.15) is 0 Å². The molecule has 1 heterocycles. The lowest BCUT2D eigenvalue weighted by molar-refractivity contribution is 0.565. The van der Waals surface area contributed by atoms with E-state index in [9.17, 15) is 13.6 Å². The number of aryl methyl sites for hydroxylation is 1. The molecule has 0 saturated heterocycles. The van der Waals surface area contributed by atoms with Crippen LogP contribution in [-0.2, 0) is 6.54 Å². The summed E-state index contributed by atoms with van der Waals surface area (Å²) in [4.78, 5) is 12.2. The average Bonchev–Trinajstić information content (AvgIpc) is 2.52. The van der Waals surface area contributed by atoms with Crippen molar-refractivity contribution in [3.05, 3.63) is 93.8 Å². The predicted octanol–water partition coefficient (Wildman–Crippen LogP) is 4.15. The third-order valence-corrected chi connectivity index (χ3v) is 3.74. The third kappa shape index (κ3) is 3.21. The molecule has 3 rings (SSSR count). The van der Waals surface area contributed by atoms with E-state index in [-0.39, 0.29) is 17.7 Å². The molecule has 0 amide bonds. The summed E-state index contributed by atoms with van der Waals surface area (Å²) < 4.78 is 28.4. The fourth-order valence-corrected chi connectivity index (χ4v) is 2.48. The second-order valence-corrected chi connectivity index (χ2v) is 5.44. The van der Waals surface area contributed by atoms with Crippen molar-refractivity contribution < 1.29 is 8.78 Å². The van der Waals surface area contributed by atoms with Gasteiger partial charge in [-0.15, -0.1) is 0 Å². The molecule has 0 N–H and O–H groups in total. The van der Waals surface area contributed by atoms with Gasteiger partial charge in [0.2, 0.25) is 0 Å². The zero-order chi connectivity index (χ0) is 16.4. The molecule has 2 aromatic carbocycles. The molecule has 0 aliphatic rings. The molecular formula is C19H15F2NO. The Morgan fingerprint density at radius 2 is 1.70 bits per heavy atom. The maximum Gasteiger partial charge on any atom is 0.251 e. The molecule has 0 bridgehead atoms. The topological polar surface area (TPSA) is 22.0 Å². The first kappa shape index (κ1) is 15.2. The Morgan fingerprint density at radius 1 is 0.957 bits per heavy atom. The number of nitrogens with zero attached hydrogens (tertiary/aromatic N) is 1.